The van der Waals surface area contributed by atoms with Crippen LogP contribution in [0.15, 0.2) is 34.9 Å². The quantitative estimate of drug-likeness (QED) is 0.901. The summed E-state index contributed by atoms with van der Waals surface area (Å²) in [6, 6.07) is 8.92. The first-order valence-electron chi connectivity index (χ1n) is 7.43. The number of benzene rings is 1. The van der Waals surface area contributed by atoms with Gasteiger partial charge in [0.15, 0.2) is 0 Å². The molecule has 0 fully saturated rings. The van der Waals surface area contributed by atoms with Gasteiger partial charge in [-0.25, -0.2) is 0 Å². The van der Waals surface area contributed by atoms with E-state index in [0.29, 0.717) is 12.6 Å². The zero-order valence-corrected chi connectivity index (χ0v) is 13.6. The van der Waals surface area contributed by atoms with E-state index in [0.717, 1.165) is 17.9 Å². The Balaban J connectivity index is 2.17. The fourth-order valence-electron chi connectivity index (χ4n) is 2.13. The van der Waals surface area contributed by atoms with Crippen molar-refractivity contribution in [2.24, 2.45) is 0 Å². The molecule has 0 aliphatic heterocycles. The van der Waals surface area contributed by atoms with Crippen LogP contribution in [0, 0.1) is 6.92 Å². The lowest BCUT2D eigenvalue weighted by molar-refractivity contribution is 0.421. The number of aryl methyl sites for hydroxylation is 1. The van der Waals surface area contributed by atoms with Crippen LogP contribution in [0.1, 0.15) is 39.0 Å². The third kappa shape index (κ3) is 4.08. The van der Waals surface area contributed by atoms with Crippen LogP contribution in [0.2, 0.25) is 0 Å². The van der Waals surface area contributed by atoms with Crippen LogP contribution >= 0.6 is 0 Å². The molecule has 1 N–H and O–H groups in total. The van der Waals surface area contributed by atoms with Gasteiger partial charge in [0.2, 0.25) is 0 Å². The largest absolute Gasteiger partial charge is 0.431 e. The molecule has 2 rings (SSSR count). The van der Waals surface area contributed by atoms with Gasteiger partial charge in [-0.15, -0.1) is 0 Å². The maximum atomic E-state index is 5.67. The van der Waals surface area contributed by atoms with Gasteiger partial charge in [-0.1, -0.05) is 18.2 Å². The SMILES string of the molecule is CCN(c1nc(CNC(C)(C)C)co1)c1ccccc1C. The number of hydrogen-bond acceptors (Lipinski definition) is 4. The Bertz CT molecular complexity index is 584. The number of nitrogens with one attached hydrogen (secondary N) is 1. The van der Waals surface area contributed by atoms with Crippen LogP contribution in [0.3, 0.4) is 0 Å². The van der Waals surface area contributed by atoms with Crippen molar-refractivity contribution in [3.63, 3.8) is 0 Å². The summed E-state index contributed by atoms with van der Waals surface area (Å²) in [5.41, 5.74) is 3.34. The molecule has 1 aromatic carbocycles. The summed E-state index contributed by atoms with van der Waals surface area (Å²) >= 11 is 0. The maximum Gasteiger partial charge on any atom is 0.302 e. The molecular weight excluding hydrogens is 262 g/mol. The zero-order chi connectivity index (χ0) is 15.5. The summed E-state index contributed by atoms with van der Waals surface area (Å²) in [6.07, 6.45) is 1.73. The number of rotatable bonds is 5. The predicted molar refractivity (Wildman–Crippen MR) is 87.0 cm³/mol. The molecule has 0 saturated heterocycles. The Morgan fingerprint density at radius 1 is 1.24 bits per heavy atom. The number of nitrogens with zero attached hydrogens (tertiary/aromatic N) is 2. The van der Waals surface area contributed by atoms with Crippen molar-refractivity contribution >= 4 is 11.7 Å². The van der Waals surface area contributed by atoms with Crippen LogP contribution in [0.5, 0.6) is 0 Å². The molecule has 0 atom stereocenters. The number of hydrogen-bond donors (Lipinski definition) is 1. The lowest BCUT2D eigenvalue weighted by atomic mass is 10.1. The van der Waals surface area contributed by atoms with E-state index in [-0.39, 0.29) is 5.54 Å². The van der Waals surface area contributed by atoms with Gasteiger partial charge in [-0.2, -0.15) is 4.98 Å². The lowest BCUT2D eigenvalue weighted by Crippen LogP contribution is -2.35. The smallest absolute Gasteiger partial charge is 0.302 e. The highest BCUT2D eigenvalue weighted by atomic mass is 16.4. The van der Waals surface area contributed by atoms with Crippen LogP contribution < -0.4 is 10.2 Å². The van der Waals surface area contributed by atoms with Crippen molar-refractivity contribution in [3.8, 4) is 0 Å². The summed E-state index contributed by atoms with van der Waals surface area (Å²) in [6.45, 7) is 12.1. The molecule has 114 valence electrons. The molecule has 0 aliphatic rings. The van der Waals surface area contributed by atoms with Gasteiger partial charge >= 0.3 is 6.01 Å². The number of para-hydroxylation sites is 1. The van der Waals surface area contributed by atoms with Crippen LogP contribution in [0.4, 0.5) is 11.7 Å². The second kappa shape index (κ2) is 6.31. The van der Waals surface area contributed by atoms with Crippen LogP contribution in [-0.2, 0) is 6.54 Å². The van der Waals surface area contributed by atoms with Gasteiger partial charge < -0.3 is 9.73 Å². The van der Waals surface area contributed by atoms with Crippen molar-refractivity contribution in [1.29, 1.82) is 0 Å². The van der Waals surface area contributed by atoms with Gasteiger partial charge in [0, 0.05) is 24.3 Å². The number of aromatic nitrogens is 1. The Labute approximate surface area is 127 Å². The third-order valence-corrected chi connectivity index (χ3v) is 3.29. The van der Waals surface area contributed by atoms with E-state index in [1.54, 1.807) is 6.26 Å². The monoisotopic (exact) mass is 287 g/mol. The minimum absolute atomic E-state index is 0.0690. The van der Waals surface area contributed by atoms with Crippen molar-refractivity contribution < 1.29 is 4.42 Å². The standard InChI is InChI=1S/C17H25N3O/c1-6-20(15-10-8-7-9-13(15)2)16-19-14(12-21-16)11-18-17(3,4)5/h7-10,12,18H,6,11H2,1-5H3. The molecule has 4 heteroatoms. The first kappa shape index (κ1) is 15.6. The van der Waals surface area contributed by atoms with Crippen molar-refractivity contribution in [1.82, 2.24) is 10.3 Å². The van der Waals surface area contributed by atoms with Crippen molar-refractivity contribution in [2.45, 2.75) is 46.7 Å². The fourth-order valence-corrected chi connectivity index (χ4v) is 2.13. The summed E-state index contributed by atoms with van der Waals surface area (Å²) in [7, 11) is 0. The lowest BCUT2D eigenvalue weighted by Gasteiger charge is -2.21. The summed E-state index contributed by atoms with van der Waals surface area (Å²) in [5.74, 6) is 0. The normalized spacial score (nSPS) is 11.7. The average molecular weight is 287 g/mol. The van der Waals surface area contributed by atoms with E-state index in [9.17, 15) is 0 Å². The van der Waals surface area contributed by atoms with E-state index >= 15 is 0 Å². The summed E-state index contributed by atoms with van der Waals surface area (Å²) in [4.78, 5) is 6.69. The van der Waals surface area contributed by atoms with Gasteiger partial charge in [0.05, 0.1) is 5.69 Å². The minimum atomic E-state index is 0.0690. The molecule has 1 aromatic heterocycles. The van der Waals surface area contributed by atoms with E-state index in [1.165, 1.54) is 5.56 Å². The molecule has 21 heavy (non-hydrogen) atoms. The second-order valence-corrected chi connectivity index (χ2v) is 6.26. The van der Waals surface area contributed by atoms with E-state index in [4.69, 9.17) is 4.42 Å². The molecular formula is C17H25N3O. The Morgan fingerprint density at radius 3 is 2.57 bits per heavy atom. The molecule has 0 saturated carbocycles. The Morgan fingerprint density at radius 2 is 1.95 bits per heavy atom. The Hall–Kier alpha value is -1.81. The minimum Gasteiger partial charge on any atom is -0.431 e. The number of oxazole rings is 1. The number of anilines is 2. The molecule has 0 spiro atoms. The molecule has 0 radical (unpaired) electrons. The van der Waals surface area contributed by atoms with Gasteiger partial charge in [-0.05, 0) is 46.2 Å². The Kier molecular flexibility index (Phi) is 4.68. The van der Waals surface area contributed by atoms with E-state index in [2.05, 4.69) is 62.0 Å². The fraction of sp³-hybridized carbons (Fsp3) is 0.471. The summed E-state index contributed by atoms with van der Waals surface area (Å²) in [5, 5.41) is 3.42. The topological polar surface area (TPSA) is 41.3 Å². The molecule has 2 aromatic rings. The third-order valence-electron chi connectivity index (χ3n) is 3.29. The van der Waals surface area contributed by atoms with Crippen LogP contribution in [-0.4, -0.2) is 17.1 Å². The van der Waals surface area contributed by atoms with Crippen molar-refractivity contribution in [2.75, 3.05) is 11.4 Å². The van der Waals surface area contributed by atoms with Crippen LogP contribution in [0.25, 0.3) is 0 Å². The predicted octanol–water partition coefficient (Wildman–Crippen LogP) is 4.03. The first-order valence-corrected chi connectivity index (χ1v) is 7.43. The molecule has 0 amide bonds. The van der Waals surface area contributed by atoms with E-state index in [1.807, 2.05) is 12.1 Å². The summed E-state index contributed by atoms with van der Waals surface area (Å²) < 4.78 is 5.67. The van der Waals surface area contributed by atoms with Gasteiger partial charge in [0.1, 0.15) is 6.26 Å². The van der Waals surface area contributed by atoms with Gasteiger partial charge in [0.25, 0.3) is 0 Å². The molecule has 0 unspecified atom stereocenters. The molecule has 4 nitrogen and oxygen atoms in total. The molecule has 0 aliphatic carbocycles. The molecule has 1 heterocycles. The zero-order valence-electron chi connectivity index (χ0n) is 13.6. The van der Waals surface area contributed by atoms with E-state index < -0.39 is 0 Å². The highest BCUT2D eigenvalue weighted by Gasteiger charge is 2.16. The van der Waals surface area contributed by atoms with Crippen molar-refractivity contribution in [3.05, 3.63) is 41.8 Å². The van der Waals surface area contributed by atoms with Gasteiger partial charge in [-0.3, -0.25) is 4.90 Å². The first-order chi connectivity index (χ1) is 9.90. The highest BCUT2D eigenvalue weighted by molar-refractivity contribution is 5.60. The second-order valence-electron chi connectivity index (χ2n) is 6.26. The highest BCUT2D eigenvalue weighted by Crippen LogP contribution is 2.27. The molecule has 0 bridgehead atoms. The maximum absolute atomic E-state index is 5.67. The average Bonchev–Trinajstić information content (AvgIpc) is 2.87.